The smallest absolute Gasteiger partial charge is 0.344 e. The van der Waals surface area contributed by atoms with Crippen molar-refractivity contribution in [2.45, 2.75) is 26.9 Å². The van der Waals surface area contributed by atoms with Gasteiger partial charge in [-0.3, -0.25) is 4.79 Å². The lowest BCUT2D eigenvalue weighted by atomic mass is 10.1. The van der Waals surface area contributed by atoms with Crippen LogP contribution in [0.4, 0.5) is 5.69 Å². The Morgan fingerprint density at radius 1 is 1.19 bits per heavy atom. The molecular weight excluding hydrogens is 332 g/mol. The fraction of sp³-hybridized carbons (Fsp3) is 0.250. The van der Waals surface area contributed by atoms with Gasteiger partial charge in [0.25, 0.3) is 5.91 Å². The maximum atomic E-state index is 12.1. The zero-order chi connectivity index (χ0) is 19.1. The van der Waals surface area contributed by atoms with Crippen molar-refractivity contribution in [1.82, 2.24) is 0 Å². The summed E-state index contributed by atoms with van der Waals surface area (Å²) >= 11 is 0. The Kier molecular flexibility index (Phi) is 6.34. The number of nitriles is 1. The molecule has 6 heteroatoms. The van der Waals surface area contributed by atoms with Crippen LogP contribution in [-0.4, -0.2) is 24.6 Å². The number of rotatable bonds is 6. The average Bonchev–Trinajstić information content (AvgIpc) is 2.61. The number of benzene rings is 2. The van der Waals surface area contributed by atoms with Gasteiger partial charge in [0.15, 0.2) is 12.7 Å². The van der Waals surface area contributed by atoms with Gasteiger partial charge in [-0.1, -0.05) is 29.8 Å². The fourth-order valence-corrected chi connectivity index (χ4v) is 2.31. The summed E-state index contributed by atoms with van der Waals surface area (Å²) in [7, 11) is 0. The quantitative estimate of drug-likeness (QED) is 0.807. The van der Waals surface area contributed by atoms with Gasteiger partial charge in [-0.15, -0.1) is 0 Å². The first kappa shape index (κ1) is 19.0. The van der Waals surface area contributed by atoms with Gasteiger partial charge < -0.3 is 14.8 Å². The number of hydrogen-bond acceptors (Lipinski definition) is 5. The zero-order valence-electron chi connectivity index (χ0n) is 14.9. The number of anilines is 1. The molecule has 0 aliphatic rings. The Morgan fingerprint density at radius 3 is 2.62 bits per heavy atom. The highest BCUT2D eigenvalue weighted by atomic mass is 16.6. The summed E-state index contributed by atoms with van der Waals surface area (Å²) in [6.45, 7) is 5.02. The number of hydrogen-bond donors (Lipinski definition) is 1. The molecule has 0 unspecified atom stereocenters. The van der Waals surface area contributed by atoms with Crippen LogP contribution < -0.4 is 10.1 Å². The van der Waals surface area contributed by atoms with E-state index in [1.54, 1.807) is 30.3 Å². The van der Waals surface area contributed by atoms with Crippen LogP contribution in [0, 0.1) is 25.2 Å². The largest absolute Gasteiger partial charge is 0.482 e. The summed E-state index contributed by atoms with van der Waals surface area (Å²) in [6.07, 6.45) is -1.02. The predicted molar refractivity (Wildman–Crippen MR) is 96.8 cm³/mol. The third-order valence-electron chi connectivity index (χ3n) is 3.66. The van der Waals surface area contributed by atoms with Crippen LogP contribution in [-0.2, 0) is 14.3 Å². The molecule has 134 valence electrons. The number of nitrogens with zero attached hydrogens (tertiary/aromatic N) is 1. The number of nitrogens with one attached hydrogen (secondary N) is 1. The number of carbonyl (C=O) groups excluding carboxylic acids is 2. The van der Waals surface area contributed by atoms with Crippen molar-refractivity contribution in [3.63, 3.8) is 0 Å². The summed E-state index contributed by atoms with van der Waals surface area (Å²) in [5.74, 6) is -0.582. The van der Waals surface area contributed by atoms with Gasteiger partial charge in [0, 0.05) is 0 Å². The van der Waals surface area contributed by atoms with Crippen LogP contribution in [0.5, 0.6) is 5.75 Å². The van der Waals surface area contributed by atoms with E-state index in [0.29, 0.717) is 17.0 Å². The lowest BCUT2D eigenvalue weighted by Gasteiger charge is -2.15. The number of aryl methyl sites for hydroxylation is 2. The first-order valence-corrected chi connectivity index (χ1v) is 8.10. The van der Waals surface area contributed by atoms with Gasteiger partial charge in [0.05, 0.1) is 11.3 Å². The first-order valence-electron chi connectivity index (χ1n) is 8.10. The SMILES string of the molecule is Cc1ccc(OCC(=O)O[C@@H](C)C(=O)Nc2ccccc2C#N)c(C)c1. The highest BCUT2D eigenvalue weighted by Crippen LogP contribution is 2.19. The van der Waals surface area contributed by atoms with E-state index in [0.717, 1.165) is 11.1 Å². The molecule has 0 bridgehead atoms. The summed E-state index contributed by atoms with van der Waals surface area (Å²) in [4.78, 5) is 24.0. The zero-order valence-corrected chi connectivity index (χ0v) is 14.9. The van der Waals surface area contributed by atoms with E-state index in [2.05, 4.69) is 5.32 Å². The van der Waals surface area contributed by atoms with Crippen LogP contribution in [0.3, 0.4) is 0 Å². The van der Waals surface area contributed by atoms with Crippen LogP contribution in [0.2, 0.25) is 0 Å². The Labute approximate surface area is 152 Å². The van der Waals surface area contributed by atoms with Gasteiger partial charge in [-0.05, 0) is 44.5 Å². The van der Waals surface area contributed by atoms with Crippen molar-refractivity contribution < 1.29 is 19.1 Å². The Morgan fingerprint density at radius 2 is 1.92 bits per heavy atom. The number of ether oxygens (including phenoxy) is 2. The molecule has 0 saturated carbocycles. The molecule has 0 aliphatic carbocycles. The minimum atomic E-state index is -1.02. The molecule has 2 rings (SSSR count). The monoisotopic (exact) mass is 352 g/mol. The molecule has 0 fully saturated rings. The molecule has 6 nitrogen and oxygen atoms in total. The molecule has 26 heavy (non-hydrogen) atoms. The first-order chi connectivity index (χ1) is 12.4. The number of amides is 1. The maximum absolute atomic E-state index is 12.1. The van der Waals surface area contributed by atoms with Crippen LogP contribution in [0.15, 0.2) is 42.5 Å². The van der Waals surface area contributed by atoms with E-state index < -0.39 is 18.0 Å². The molecule has 1 N–H and O–H groups in total. The standard InChI is InChI=1S/C20H20N2O4/c1-13-8-9-18(14(2)10-13)25-12-19(23)26-15(3)20(24)22-17-7-5-4-6-16(17)11-21/h4-10,15H,12H2,1-3H3,(H,22,24)/t15-/m0/s1. The predicted octanol–water partition coefficient (Wildman–Crippen LogP) is 3.12. The Hall–Kier alpha value is -3.33. The van der Waals surface area contributed by atoms with Gasteiger partial charge in [-0.2, -0.15) is 5.26 Å². The van der Waals surface area contributed by atoms with Gasteiger partial charge in [-0.25, -0.2) is 4.79 Å². The summed E-state index contributed by atoms with van der Waals surface area (Å²) in [6, 6.07) is 14.2. The van der Waals surface area contributed by atoms with E-state index in [4.69, 9.17) is 14.7 Å². The molecule has 0 aliphatic heterocycles. The molecule has 1 atom stereocenters. The fourth-order valence-electron chi connectivity index (χ4n) is 2.31. The van der Waals surface area contributed by atoms with Gasteiger partial charge >= 0.3 is 5.97 Å². The van der Waals surface area contributed by atoms with Crippen molar-refractivity contribution in [3.8, 4) is 11.8 Å². The van der Waals surface area contributed by atoms with Crippen molar-refractivity contribution in [2.75, 3.05) is 11.9 Å². The maximum Gasteiger partial charge on any atom is 0.344 e. The second-order valence-corrected chi connectivity index (χ2v) is 5.84. The van der Waals surface area contributed by atoms with Crippen LogP contribution in [0.1, 0.15) is 23.6 Å². The number of carbonyl (C=O) groups is 2. The molecule has 0 aromatic heterocycles. The molecule has 0 heterocycles. The Bertz CT molecular complexity index is 855. The lowest BCUT2D eigenvalue weighted by molar-refractivity contribution is -0.155. The van der Waals surface area contributed by atoms with E-state index in [-0.39, 0.29) is 6.61 Å². The van der Waals surface area contributed by atoms with E-state index in [1.165, 1.54) is 6.92 Å². The average molecular weight is 352 g/mol. The normalized spacial score (nSPS) is 11.2. The topological polar surface area (TPSA) is 88.4 Å². The van der Waals surface area contributed by atoms with Crippen LogP contribution in [0.25, 0.3) is 0 Å². The minimum absolute atomic E-state index is 0.295. The van der Waals surface area contributed by atoms with Gasteiger partial charge in [0.1, 0.15) is 11.8 Å². The van der Waals surface area contributed by atoms with E-state index in [1.807, 2.05) is 32.0 Å². The van der Waals surface area contributed by atoms with Crippen LogP contribution >= 0.6 is 0 Å². The molecule has 2 aromatic carbocycles. The number of para-hydroxylation sites is 1. The van der Waals surface area contributed by atoms with Gasteiger partial charge in [0.2, 0.25) is 0 Å². The summed E-state index contributed by atoms with van der Waals surface area (Å²) < 4.78 is 10.5. The molecule has 1 amide bonds. The molecule has 0 radical (unpaired) electrons. The Balaban J connectivity index is 1.88. The van der Waals surface area contributed by atoms with E-state index in [9.17, 15) is 9.59 Å². The molecule has 2 aromatic rings. The van der Waals surface area contributed by atoms with Crippen molar-refractivity contribution in [3.05, 3.63) is 59.2 Å². The van der Waals surface area contributed by atoms with E-state index >= 15 is 0 Å². The summed E-state index contributed by atoms with van der Waals surface area (Å²) in [5, 5.41) is 11.6. The lowest BCUT2D eigenvalue weighted by Crippen LogP contribution is -2.31. The molecular formula is C20H20N2O4. The number of esters is 1. The van der Waals surface area contributed by atoms with Crippen molar-refractivity contribution in [2.24, 2.45) is 0 Å². The minimum Gasteiger partial charge on any atom is -0.482 e. The summed E-state index contributed by atoms with van der Waals surface area (Å²) in [5.41, 5.74) is 2.71. The third-order valence-corrected chi connectivity index (χ3v) is 3.66. The second kappa shape index (κ2) is 8.67. The molecule has 0 saturated heterocycles. The van der Waals surface area contributed by atoms with Crippen molar-refractivity contribution >= 4 is 17.6 Å². The second-order valence-electron chi connectivity index (χ2n) is 5.84. The highest BCUT2D eigenvalue weighted by Gasteiger charge is 2.19. The van der Waals surface area contributed by atoms with Crippen molar-refractivity contribution in [1.29, 1.82) is 5.26 Å². The molecule has 0 spiro atoms. The third kappa shape index (κ3) is 5.08. The highest BCUT2D eigenvalue weighted by molar-refractivity contribution is 5.96.